The van der Waals surface area contributed by atoms with Gasteiger partial charge in [-0.15, -0.1) is 5.10 Å². The highest BCUT2D eigenvalue weighted by Crippen LogP contribution is 2.35. The third-order valence-corrected chi connectivity index (χ3v) is 4.17. The van der Waals surface area contributed by atoms with E-state index in [9.17, 15) is 4.79 Å². The van der Waals surface area contributed by atoms with Crippen LogP contribution in [0.2, 0.25) is 10.0 Å². The van der Waals surface area contributed by atoms with Crippen LogP contribution in [0.25, 0.3) is 0 Å². The van der Waals surface area contributed by atoms with E-state index in [1.54, 1.807) is 18.2 Å². The Labute approximate surface area is 157 Å². The largest absolute Gasteiger partial charge is 0.485 e. The van der Waals surface area contributed by atoms with Crippen molar-refractivity contribution in [1.29, 1.82) is 0 Å². The van der Waals surface area contributed by atoms with Gasteiger partial charge in [0, 0.05) is 5.02 Å². The van der Waals surface area contributed by atoms with Gasteiger partial charge in [0.2, 0.25) is 6.10 Å². The van der Waals surface area contributed by atoms with Gasteiger partial charge in [-0.05, 0) is 30.3 Å². The smallest absolute Gasteiger partial charge is 0.322 e. The first-order chi connectivity index (χ1) is 12.6. The number of rotatable bonds is 3. The van der Waals surface area contributed by atoms with Crippen molar-refractivity contribution in [3.8, 4) is 11.5 Å². The number of nitrogens with one attached hydrogen (secondary N) is 1. The minimum atomic E-state index is -0.567. The second kappa shape index (κ2) is 6.86. The van der Waals surface area contributed by atoms with Crippen LogP contribution >= 0.6 is 23.2 Å². The Morgan fingerprint density at radius 1 is 1.12 bits per heavy atom. The number of nitrogens with zero attached hydrogens (tertiary/aromatic N) is 2. The summed E-state index contributed by atoms with van der Waals surface area (Å²) in [7, 11) is 0. The fourth-order valence-electron chi connectivity index (χ4n) is 2.39. The molecule has 9 heteroatoms. The number of carbonyl (C=O) groups is 1. The summed E-state index contributed by atoms with van der Waals surface area (Å²) in [5.41, 5.74) is 0.238. The van der Waals surface area contributed by atoms with E-state index >= 15 is 0 Å². The van der Waals surface area contributed by atoms with Gasteiger partial charge in [0.1, 0.15) is 6.61 Å². The molecule has 1 aromatic heterocycles. The third kappa shape index (κ3) is 3.31. The molecule has 1 unspecified atom stereocenters. The molecule has 7 nitrogen and oxygen atoms in total. The normalized spacial score (nSPS) is 15.5. The van der Waals surface area contributed by atoms with E-state index in [4.69, 9.17) is 37.1 Å². The zero-order chi connectivity index (χ0) is 18.1. The van der Waals surface area contributed by atoms with E-state index in [-0.39, 0.29) is 29.1 Å². The zero-order valence-electron chi connectivity index (χ0n) is 13.1. The lowest BCUT2D eigenvalue weighted by atomic mass is 10.2. The molecule has 0 spiro atoms. The van der Waals surface area contributed by atoms with Crippen LogP contribution in [0.3, 0.4) is 0 Å². The van der Waals surface area contributed by atoms with Crippen molar-refractivity contribution in [2.45, 2.75) is 6.10 Å². The van der Waals surface area contributed by atoms with Gasteiger partial charge in [-0.2, -0.15) is 0 Å². The lowest BCUT2D eigenvalue weighted by Gasteiger charge is -2.23. The number of amides is 1. The number of hydrogen-bond acceptors (Lipinski definition) is 6. The van der Waals surface area contributed by atoms with E-state index in [0.29, 0.717) is 16.5 Å². The molecule has 1 aliphatic rings. The van der Waals surface area contributed by atoms with Crippen LogP contribution in [0, 0.1) is 0 Å². The Hall–Kier alpha value is -2.77. The van der Waals surface area contributed by atoms with Crippen LogP contribution in [0.1, 0.15) is 22.4 Å². The summed E-state index contributed by atoms with van der Waals surface area (Å²) in [4.78, 5) is 12.3. The minimum Gasteiger partial charge on any atom is -0.485 e. The first kappa shape index (κ1) is 16.7. The molecule has 0 fully saturated rings. The number of aromatic nitrogens is 2. The molecule has 0 saturated carbocycles. The molecule has 0 saturated heterocycles. The summed E-state index contributed by atoms with van der Waals surface area (Å²) in [5, 5.41) is 10.9. The van der Waals surface area contributed by atoms with Gasteiger partial charge in [0.25, 0.3) is 11.8 Å². The summed E-state index contributed by atoms with van der Waals surface area (Å²) in [6.07, 6.45) is -0.567. The fourth-order valence-corrected chi connectivity index (χ4v) is 2.89. The molecule has 2 heterocycles. The maximum absolute atomic E-state index is 12.3. The molecule has 4 rings (SSSR count). The first-order valence-corrected chi connectivity index (χ1v) is 8.34. The van der Waals surface area contributed by atoms with Crippen LogP contribution in [0.15, 0.2) is 46.9 Å². The molecule has 3 aromatic rings. The van der Waals surface area contributed by atoms with Crippen LogP contribution in [0.4, 0.5) is 6.01 Å². The van der Waals surface area contributed by atoms with Gasteiger partial charge in [0.15, 0.2) is 11.5 Å². The predicted molar refractivity (Wildman–Crippen MR) is 94.0 cm³/mol. The average molecular weight is 392 g/mol. The molecule has 26 heavy (non-hydrogen) atoms. The van der Waals surface area contributed by atoms with Crippen molar-refractivity contribution in [2.75, 3.05) is 11.9 Å². The van der Waals surface area contributed by atoms with E-state index in [1.807, 2.05) is 12.1 Å². The molecule has 1 amide bonds. The van der Waals surface area contributed by atoms with E-state index in [2.05, 4.69) is 15.5 Å². The predicted octanol–water partition coefficient (Wildman–Crippen LogP) is 4.14. The Morgan fingerprint density at radius 2 is 1.92 bits per heavy atom. The van der Waals surface area contributed by atoms with E-state index < -0.39 is 12.0 Å². The molecule has 1 atom stereocenters. The van der Waals surface area contributed by atoms with Crippen molar-refractivity contribution in [3.05, 3.63) is 64.0 Å². The maximum atomic E-state index is 12.3. The molecule has 132 valence electrons. The van der Waals surface area contributed by atoms with Crippen molar-refractivity contribution in [3.63, 3.8) is 0 Å². The number of carbonyl (C=O) groups excluding carboxylic acids is 1. The third-order valence-electron chi connectivity index (χ3n) is 3.62. The van der Waals surface area contributed by atoms with Gasteiger partial charge in [-0.25, -0.2) is 0 Å². The van der Waals surface area contributed by atoms with Gasteiger partial charge in [0.05, 0.1) is 10.6 Å². The lowest BCUT2D eigenvalue weighted by Crippen LogP contribution is -2.21. The number of para-hydroxylation sites is 2. The molecule has 0 radical (unpaired) electrons. The molecule has 1 aliphatic heterocycles. The molecule has 1 N–H and O–H groups in total. The second-order valence-electron chi connectivity index (χ2n) is 5.39. The molecule has 0 aliphatic carbocycles. The number of fused-ring (bicyclic) bond motifs is 1. The number of anilines is 1. The Balaban J connectivity index is 1.48. The van der Waals surface area contributed by atoms with Crippen LogP contribution in [-0.4, -0.2) is 22.7 Å². The number of hydrogen-bond donors (Lipinski definition) is 1. The lowest BCUT2D eigenvalue weighted by molar-refractivity contribution is 0.0716. The van der Waals surface area contributed by atoms with Crippen LogP contribution in [-0.2, 0) is 0 Å². The highest BCUT2D eigenvalue weighted by Gasteiger charge is 2.27. The molecule has 0 bridgehead atoms. The molecule has 2 aromatic carbocycles. The topological polar surface area (TPSA) is 86.5 Å². The average Bonchev–Trinajstić information content (AvgIpc) is 3.09. The molecular weight excluding hydrogens is 381 g/mol. The standard InChI is InChI=1S/C17H11Cl2N3O4/c18-9-5-6-10(11(19)7-9)15(23)20-17-22-21-16(26-17)14-8-24-12-3-1-2-4-13(12)25-14/h1-7,14H,8H2,(H,20,22,23). The number of benzene rings is 2. The van der Waals surface area contributed by atoms with Crippen molar-refractivity contribution >= 4 is 35.1 Å². The summed E-state index contributed by atoms with van der Waals surface area (Å²) >= 11 is 11.8. The van der Waals surface area contributed by atoms with Crippen LogP contribution in [0.5, 0.6) is 11.5 Å². The zero-order valence-corrected chi connectivity index (χ0v) is 14.6. The summed E-state index contributed by atoms with van der Waals surface area (Å²) in [6, 6.07) is 11.7. The van der Waals surface area contributed by atoms with Crippen molar-refractivity contribution in [1.82, 2.24) is 10.2 Å². The summed E-state index contributed by atoms with van der Waals surface area (Å²) in [6.45, 7) is 0.218. The SMILES string of the molecule is O=C(Nc1nnc(C2COc3ccccc3O2)o1)c1ccc(Cl)cc1Cl. The minimum absolute atomic E-state index is 0.0709. The molecular formula is C17H11Cl2N3O4. The quantitative estimate of drug-likeness (QED) is 0.721. The second-order valence-corrected chi connectivity index (χ2v) is 6.23. The highest BCUT2D eigenvalue weighted by atomic mass is 35.5. The Kier molecular flexibility index (Phi) is 4.40. The van der Waals surface area contributed by atoms with Crippen molar-refractivity contribution in [2.24, 2.45) is 0 Å². The number of halogens is 2. The first-order valence-electron chi connectivity index (χ1n) is 7.58. The van der Waals surface area contributed by atoms with Gasteiger partial charge >= 0.3 is 6.01 Å². The van der Waals surface area contributed by atoms with Gasteiger partial charge < -0.3 is 13.9 Å². The summed E-state index contributed by atoms with van der Waals surface area (Å²) < 4.78 is 16.9. The number of ether oxygens (including phenoxy) is 2. The van der Waals surface area contributed by atoms with Gasteiger partial charge in [-0.1, -0.05) is 40.4 Å². The van der Waals surface area contributed by atoms with E-state index in [1.165, 1.54) is 12.1 Å². The Bertz CT molecular complexity index is 976. The van der Waals surface area contributed by atoms with Crippen LogP contribution < -0.4 is 14.8 Å². The highest BCUT2D eigenvalue weighted by molar-refractivity contribution is 6.37. The maximum Gasteiger partial charge on any atom is 0.322 e. The monoisotopic (exact) mass is 391 g/mol. The fraction of sp³-hybridized carbons (Fsp3) is 0.118. The van der Waals surface area contributed by atoms with E-state index in [0.717, 1.165) is 0 Å². The van der Waals surface area contributed by atoms with Crippen molar-refractivity contribution < 1.29 is 18.7 Å². The van der Waals surface area contributed by atoms with Gasteiger partial charge in [-0.3, -0.25) is 10.1 Å². The Morgan fingerprint density at radius 3 is 2.73 bits per heavy atom. The summed E-state index contributed by atoms with van der Waals surface area (Å²) in [5.74, 6) is 0.930.